The van der Waals surface area contributed by atoms with Crippen LogP contribution < -0.4 is 16.8 Å². The van der Waals surface area contributed by atoms with Crippen molar-refractivity contribution in [3.05, 3.63) is 35.4 Å². The van der Waals surface area contributed by atoms with Gasteiger partial charge in [0.25, 0.3) is 0 Å². The largest absolute Gasteiger partial charge is 0.370 e. The predicted molar refractivity (Wildman–Crippen MR) is 74.8 cm³/mol. The Hall–Kier alpha value is -1.31. The summed E-state index contributed by atoms with van der Waals surface area (Å²) in [6, 6.07) is 7.04. The van der Waals surface area contributed by atoms with E-state index in [-0.39, 0.29) is 24.0 Å². The Balaban J connectivity index is 0.00000225. The zero-order valence-electron chi connectivity index (χ0n) is 8.93. The maximum absolute atomic E-state index is 10.9. The zero-order valence-corrected chi connectivity index (χ0v) is 11.3. The topological polar surface area (TPSA) is 93.5 Å². The van der Waals surface area contributed by atoms with Crippen LogP contribution >= 0.6 is 24.0 Å². The quantitative estimate of drug-likeness (QED) is 0.425. The molecule has 0 radical (unpaired) electrons. The Morgan fingerprint density at radius 1 is 1.44 bits per heavy atom. The first-order valence-electron chi connectivity index (χ1n) is 4.48. The number of carbonyl (C=O) groups is 1. The average Bonchev–Trinajstić information content (AvgIpc) is 2.26. The van der Waals surface area contributed by atoms with Crippen molar-refractivity contribution in [2.45, 2.75) is 6.54 Å². The second-order valence-electron chi connectivity index (χ2n) is 3.03. The Labute approximate surface area is 111 Å². The number of benzene rings is 1. The lowest BCUT2D eigenvalue weighted by Gasteiger charge is -2.05. The molecule has 0 bridgehead atoms. The molecule has 1 rings (SSSR count). The van der Waals surface area contributed by atoms with E-state index in [2.05, 4.69) is 10.3 Å². The van der Waals surface area contributed by atoms with Crippen molar-refractivity contribution < 1.29 is 4.79 Å². The summed E-state index contributed by atoms with van der Waals surface area (Å²) < 4.78 is 0. The van der Waals surface area contributed by atoms with Gasteiger partial charge in [-0.2, -0.15) is 0 Å². The monoisotopic (exact) mass is 334 g/mol. The maximum Gasteiger partial charge on any atom is 0.248 e. The summed E-state index contributed by atoms with van der Waals surface area (Å²) in [6.45, 7) is 0.518. The predicted octanol–water partition coefficient (Wildman–Crippen LogP) is 0.438. The third-order valence-corrected chi connectivity index (χ3v) is 1.93. The molecule has 5 N–H and O–H groups in total. The normalized spacial score (nSPS) is 10.4. The highest BCUT2D eigenvalue weighted by atomic mass is 127. The molecule has 0 saturated heterocycles. The molecule has 1 aromatic carbocycles. The van der Waals surface area contributed by atoms with Crippen LogP contribution in [0.3, 0.4) is 0 Å². The summed E-state index contributed by atoms with van der Waals surface area (Å²) in [4.78, 5) is 14.7. The molecular weight excluding hydrogens is 319 g/mol. The second-order valence-corrected chi connectivity index (χ2v) is 3.03. The molecule has 1 aromatic rings. The summed E-state index contributed by atoms with van der Waals surface area (Å²) in [5.41, 5.74) is 12.0. The zero-order chi connectivity index (χ0) is 11.3. The highest BCUT2D eigenvalue weighted by Gasteiger charge is 2.00. The Kier molecular flexibility index (Phi) is 6.47. The summed E-state index contributed by atoms with van der Waals surface area (Å²) in [6.07, 6.45) is 0. The van der Waals surface area contributed by atoms with Gasteiger partial charge in [-0.15, -0.1) is 24.0 Å². The molecular formula is C10H15IN4O. The minimum Gasteiger partial charge on any atom is -0.370 e. The summed E-state index contributed by atoms with van der Waals surface area (Å²) in [5, 5.41) is 2.89. The first-order chi connectivity index (χ1) is 7.13. The number of halogens is 1. The van der Waals surface area contributed by atoms with Gasteiger partial charge in [-0.05, 0) is 17.7 Å². The second kappa shape index (κ2) is 7.04. The smallest absolute Gasteiger partial charge is 0.248 e. The van der Waals surface area contributed by atoms with Crippen LogP contribution in [0.2, 0.25) is 0 Å². The molecule has 6 heteroatoms. The molecule has 88 valence electrons. The first kappa shape index (κ1) is 14.7. The molecule has 16 heavy (non-hydrogen) atoms. The molecule has 0 atom stereocenters. The number of guanidine groups is 1. The van der Waals surface area contributed by atoms with Crippen molar-refractivity contribution in [3.8, 4) is 0 Å². The van der Waals surface area contributed by atoms with Gasteiger partial charge in [-0.3, -0.25) is 9.79 Å². The number of aliphatic imine (C=N–C) groups is 1. The van der Waals surface area contributed by atoms with E-state index in [4.69, 9.17) is 11.5 Å². The van der Waals surface area contributed by atoms with Gasteiger partial charge in [0.1, 0.15) is 0 Å². The van der Waals surface area contributed by atoms with Crippen molar-refractivity contribution >= 4 is 35.8 Å². The molecule has 0 aliphatic carbocycles. The molecule has 0 aromatic heterocycles. The standard InChI is InChI=1S/C10H14N4O.HI/c1-13-10(12)14-6-7-3-2-4-8(5-7)9(11)15;/h2-5H,6H2,1H3,(H2,11,15)(H3,12,13,14);1H. The number of nitrogens with two attached hydrogens (primary N) is 2. The highest BCUT2D eigenvalue weighted by Crippen LogP contribution is 2.03. The molecule has 0 saturated carbocycles. The van der Waals surface area contributed by atoms with E-state index in [0.717, 1.165) is 5.56 Å². The third-order valence-electron chi connectivity index (χ3n) is 1.93. The van der Waals surface area contributed by atoms with Gasteiger partial charge in [-0.25, -0.2) is 0 Å². The number of rotatable bonds is 3. The number of nitrogens with one attached hydrogen (secondary N) is 1. The van der Waals surface area contributed by atoms with Gasteiger partial charge >= 0.3 is 0 Å². The van der Waals surface area contributed by atoms with Crippen LogP contribution in [0.15, 0.2) is 29.3 Å². The summed E-state index contributed by atoms with van der Waals surface area (Å²) in [5.74, 6) is -0.0755. The summed E-state index contributed by atoms with van der Waals surface area (Å²) >= 11 is 0. The Bertz CT molecular complexity index is 392. The average molecular weight is 334 g/mol. The van der Waals surface area contributed by atoms with Gasteiger partial charge in [0.2, 0.25) is 5.91 Å². The van der Waals surface area contributed by atoms with Gasteiger partial charge in [0.15, 0.2) is 5.96 Å². The lowest BCUT2D eigenvalue weighted by molar-refractivity contribution is 0.1000. The van der Waals surface area contributed by atoms with E-state index < -0.39 is 5.91 Å². The van der Waals surface area contributed by atoms with Gasteiger partial charge < -0.3 is 16.8 Å². The van der Waals surface area contributed by atoms with Crippen LogP contribution in [-0.2, 0) is 6.54 Å². The van der Waals surface area contributed by atoms with E-state index in [1.165, 1.54) is 0 Å². The molecule has 0 spiro atoms. The van der Waals surface area contributed by atoms with Crippen LogP contribution in [0.4, 0.5) is 0 Å². The molecule has 1 amide bonds. The van der Waals surface area contributed by atoms with E-state index in [0.29, 0.717) is 18.1 Å². The van der Waals surface area contributed by atoms with Crippen molar-refractivity contribution in [2.24, 2.45) is 16.5 Å². The van der Waals surface area contributed by atoms with Crippen LogP contribution in [0, 0.1) is 0 Å². The highest BCUT2D eigenvalue weighted by molar-refractivity contribution is 14.0. The third kappa shape index (κ3) is 4.47. The number of primary amides is 1. The van der Waals surface area contributed by atoms with E-state index in [1.54, 1.807) is 25.2 Å². The minimum atomic E-state index is -0.436. The van der Waals surface area contributed by atoms with Crippen molar-refractivity contribution in [2.75, 3.05) is 7.05 Å². The van der Waals surface area contributed by atoms with Crippen molar-refractivity contribution in [1.29, 1.82) is 0 Å². The molecule has 0 unspecified atom stereocenters. The van der Waals surface area contributed by atoms with Crippen molar-refractivity contribution in [3.63, 3.8) is 0 Å². The van der Waals surface area contributed by atoms with E-state index in [9.17, 15) is 4.79 Å². The lowest BCUT2D eigenvalue weighted by atomic mass is 10.1. The van der Waals surface area contributed by atoms with Gasteiger partial charge in [-0.1, -0.05) is 12.1 Å². The number of amides is 1. The van der Waals surface area contributed by atoms with Crippen molar-refractivity contribution in [1.82, 2.24) is 5.32 Å². The van der Waals surface area contributed by atoms with Crippen LogP contribution in [0.25, 0.3) is 0 Å². The number of nitrogens with zero attached hydrogens (tertiary/aromatic N) is 1. The molecule has 0 heterocycles. The molecule has 0 fully saturated rings. The molecule has 0 aliphatic heterocycles. The fourth-order valence-electron chi connectivity index (χ4n) is 1.11. The van der Waals surface area contributed by atoms with Gasteiger partial charge in [0, 0.05) is 19.2 Å². The molecule has 5 nitrogen and oxygen atoms in total. The van der Waals surface area contributed by atoms with Crippen LogP contribution in [-0.4, -0.2) is 18.9 Å². The van der Waals surface area contributed by atoms with Crippen LogP contribution in [0.1, 0.15) is 15.9 Å². The number of carbonyl (C=O) groups excluding carboxylic acids is 1. The Morgan fingerprint density at radius 2 is 2.12 bits per heavy atom. The minimum absolute atomic E-state index is 0. The number of hydrogen-bond donors (Lipinski definition) is 3. The van der Waals surface area contributed by atoms with Gasteiger partial charge in [0.05, 0.1) is 0 Å². The maximum atomic E-state index is 10.9. The number of hydrogen-bond acceptors (Lipinski definition) is 2. The van der Waals surface area contributed by atoms with E-state index >= 15 is 0 Å². The lowest BCUT2D eigenvalue weighted by Crippen LogP contribution is -2.30. The molecule has 0 aliphatic rings. The van der Waals surface area contributed by atoms with E-state index in [1.807, 2.05) is 6.07 Å². The fraction of sp³-hybridized carbons (Fsp3) is 0.200. The fourth-order valence-corrected chi connectivity index (χ4v) is 1.11. The Morgan fingerprint density at radius 3 is 2.69 bits per heavy atom. The first-order valence-corrected chi connectivity index (χ1v) is 4.48. The van der Waals surface area contributed by atoms with Crippen LogP contribution in [0.5, 0.6) is 0 Å². The summed E-state index contributed by atoms with van der Waals surface area (Å²) in [7, 11) is 1.60. The SMILES string of the molecule is CN=C(N)NCc1cccc(C(N)=O)c1.I.